The molecule has 0 radical (unpaired) electrons. The molecule has 0 saturated carbocycles. The van der Waals surface area contributed by atoms with Crippen molar-refractivity contribution in [2.75, 3.05) is 5.32 Å². The van der Waals surface area contributed by atoms with E-state index in [0.29, 0.717) is 0 Å². The van der Waals surface area contributed by atoms with Crippen molar-refractivity contribution in [2.24, 2.45) is 0 Å². The summed E-state index contributed by atoms with van der Waals surface area (Å²) < 4.78 is 1.64. The predicted molar refractivity (Wildman–Crippen MR) is 85.0 cm³/mol. The molecule has 1 N–H and O–H groups in total. The molecule has 1 atom stereocenters. The van der Waals surface area contributed by atoms with Crippen LogP contribution in [0.25, 0.3) is 5.82 Å². The van der Waals surface area contributed by atoms with Gasteiger partial charge in [0.15, 0.2) is 5.82 Å². The van der Waals surface area contributed by atoms with Gasteiger partial charge in [0.2, 0.25) is 0 Å². The SMILES string of the molecule is Cc1cc(C(C)Nc2ccc(-n3cncn3)nc2)c(C)s1. The number of aromatic nitrogens is 4. The van der Waals surface area contributed by atoms with E-state index in [2.05, 4.69) is 47.2 Å². The molecular formula is C15H17N5S. The molecular weight excluding hydrogens is 282 g/mol. The number of thiophene rings is 1. The minimum Gasteiger partial charge on any atom is -0.377 e. The van der Waals surface area contributed by atoms with Gasteiger partial charge in [0.25, 0.3) is 0 Å². The van der Waals surface area contributed by atoms with Crippen LogP contribution in [0.15, 0.2) is 37.1 Å². The van der Waals surface area contributed by atoms with Crippen molar-refractivity contribution in [1.82, 2.24) is 19.7 Å². The number of nitrogens with zero attached hydrogens (tertiary/aromatic N) is 4. The molecule has 5 nitrogen and oxygen atoms in total. The van der Waals surface area contributed by atoms with Crippen molar-refractivity contribution in [3.8, 4) is 5.82 Å². The van der Waals surface area contributed by atoms with Crippen molar-refractivity contribution in [2.45, 2.75) is 26.8 Å². The van der Waals surface area contributed by atoms with Gasteiger partial charge in [-0.05, 0) is 44.5 Å². The predicted octanol–water partition coefficient (Wildman–Crippen LogP) is 3.51. The van der Waals surface area contributed by atoms with Gasteiger partial charge in [-0.15, -0.1) is 11.3 Å². The number of aryl methyl sites for hydroxylation is 2. The van der Waals surface area contributed by atoms with Gasteiger partial charge in [0.05, 0.1) is 11.9 Å². The average molecular weight is 299 g/mol. The maximum Gasteiger partial charge on any atom is 0.155 e. The van der Waals surface area contributed by atoms with E-state index in [-0.39, 0.29) is 6.04 Å². The second-order valence-corrected chi connectivity index (χ2v) is 6.44. The Hall–Kier alpha value is -2.21. The quantitative estimate of drug-likeness (QED) is 0.801. The molecule has 3 heterocycles. The Morgan fingerprint density at radius 3 is 2.71 bits per heavy atom. The highest BCUT2D eigenvalue weighted by Gasteiger charge is 2.11. The summed E-state index contributed by atoms with van der Waals surface area (Å²) in [6.45, 7) is 6.47. The van der Waals surface area contributed by atoms with Crippen LogP contribution in [-0.2, 0) is 0 Å². The molecule has 0 saturated heterocycles. The highest BCUT2D eigenvalue weighted by atomic mass is 32.1. The molecule has 0 spiro atoms. The molecule has 6 heteroatoms. The molecule has 3 rings (SSSR count). The first-order chi connectivity index (χ1) is 10.1. The minimum absolute atomic E-state index is 0.258. The molecule has 0 bridgehead atoms. The fourth-order valence-corrected chi connectivity index (χ4v) is 3.36. The van der Waals surface area contributed by atoms with E-state index in [1.807, 2.05) is 29.7 Å². The maximum atomic E-state index is 4.40. The molecule has 21 heavy (non-hydrogen) atoms. The Morgan fingerprint density at radius 2 is 2.14 bits per heavy atom. The average Bonchev–Trinajstić information content (AvgIpc) is 3.09. The highest BCUT2D eigenvalue weighted by molar-refractivity contribution is 7.12. The molecule has 1 unspecified atom stereocenters. The lowest BCUT2D eigenvalue weighted by molar-refractivity contribution is 0.841. The van der Waals surface area contributed by atoms with Gasteiger partial charge in [-0.25, -0.2) is 14.6 Å². The second kappa shape index (κ2) is 5.65. The third-order valence-electron chi connectivity index (χ3n) is 3.33. The zero-order valence-electron chi connectivity index (χ0n) is 12.2. The topological polar surface area (TPSA) is 55.6 Å². The standard InChI is InChI=1S/C15H17N5S/c1-10-6-14(12(3)21-10)11(2)19-13-4-5-15(17-7-13)20-9-16-8-18-20/h4-9,11,19H,1-3H3. The Morgan fingerprint density at radius 1 is 1.29 bits per heavy atom. The summed E-state index contributed by atoms with van der Waals surface area (Å²) in [5.41, 5.74) is 2.34. The van der Waals surface area contributed by atoms with Crippen LogP contribution >= 0.6 is 11.3 Å². The van der Waals surface area contributed by atoms with Gasteiger partial charge in [-0.3, -0.25) is 0 Å². The number of hydrogen-bond acceptors (Lipinski definition) is 5. The summed E-state index contributed by atoms with van der Waals surface area (Å²) in [5.74, 6) is 0.758. The van der Waals surface area contributed by atoms with E-state index in [1.54, 1.807) is 11.0 Å². The molecule has 0 aliphatic heterocycles. The summed E-state index contributed by atoms with van der Waals surface area (Å²) in [6, 6.07) is 6.44. The molecule has 0 aliphatic rings. The van der Waals surface area contributed by atoms with Crippen LogP contribution in [0.4, 0.5) is 5.69 Å². The number of rotatable bonds is 4. The molecule has 0 aliphatic carbocycles. The zero-order valence-corrected chi connectivity index (χ0v) is 13.1. The fraction of sp³-hybridized carbons (Fsp3) is 0.267. The van der Waals surface area contributed by atoms with Crippen molar-refractivity contribution in [3.63, 3.8) is 0 Å². The zero-order chi connectivity index (χ0) is 14.8. The fourth-order valence-electron chi connectivity index (χ4n) is 2.34. The van der Waals surface area contributed by atoms with Crippen molar-refractivity contribution in [3.05, 3.63) is 52.4 Å². The van der Waals surface area contributed by atoms with E-state index < -0.39 is 0 Å². The number of anilines is 1. The summed E-state index contributed by atoms with van der Waals surface area (Å²) in [4.78, 5) is 11.0. The Balaban J connectivity index is 1.74. The molecule has 0 fully saturated rings. The van der Waals surface area contributed by atoms with Gasteiger partial charge in [0.1, 0.15) is 12.7 Å². The van der Waals surface area contributed by atoms with Crippen LogP contribution in [0, 0.1) is 13.8 Å². The van der Waals surface area contributed by atoms with Crippen molar-refractivity contribution < 1.29 is 0 Å². The van der Waals surface area contributed by atoms with Crippen LogP contribution in [0.2, 0.25) is 0 Å². The van der Waals surface area contributed by atoms with Crippen molar-refractivity contribution >= 4 is 17.0 Å². The third-order valence-corrected chi connectivity index (χ3v) is 4.31. The normalized spacial score (nSPS) is 12.3. The lowest BCUT2D eigenvalue weighted by atomic mass is 10.1. The van der Waals surface area contributed by atoms with E-state index in [1.165, 1.54) is 21.6 Å². The Kier molecular flexibility index (Phi) is 3.70. The van der Waals surface area contributed by atoms with E-state index in [4.69, 9.17) is 0 Å². The monoisotopic (exact) mass is 299 g/mol. The maximum absolute atomic E-state index is 4.40. The summed E-state index contributed by atoms with van der Waals surface area (Å²) in [6.07, 6.45) is 4.95. The van der Waals surface area contributed by atoms with E-state index >= 15 is 0 Å². The third kappa shape index (κ3) is 2.95. The molecule has 0 aromatic carbocycles. The van der Waals surface area contributed by atoms with E-state index in [9.17, 15) is 0 Å². The first-order valence-corrected chi connectivity index (χ1v) is 7.59. The van der Waals surface area contributed by atoms with Crippen LogP contribution in [0.5, 0.6) is 0 Å². The summed E-state index contributed by atoms with van der Waals surface area (Å²) >= 11 is 1.83. The van der Waals surface area contributed by atoms with Crippen LogP contribution in [-0.4, -0.2) is 19.7 Å². The molecule has 3 aromatic heterocycles. The number of pyridine rings is 1. The summed E-state index contributed by atoms with van der Waals surface area (Å²) in [7, 11) is 0. The smallest absolute Gasteiger partial charge is 0.155 e. The Labute approximate surface area is 127 Å². The van der Waals surface area contributed by atoms with Crippen LogP contribution in [0.3, 0.4) is 0 Å². The van der Waals surface area contributed by atoms with Gasteiger partial charge >= 0.3 is 0 Å². The largest absolute Gasteiger partial charge is 0.377 e. The van der Waals surface area contributed by atoms with Crippen LogP contribution < -0.4 is 5.32 Å². The number of nitrogens with one attached hydrogen (secondary N) is 1. The van der Waals surface area contributed by atoms with E-state index in [0.717, 1.165) is 11.5 Å². The lowest BCUT2D eigenvalue weighted by Gasteiger charge is -2.15. The summed E-state index contributed by atoms with van der Waals surface area (Å²) in [5, 5.41) is 7.55. The molecule has 3 aromatic rings. The Bertz CT molecular complexity index is 715. The van der Waals surface area contributed by atoms with Gasteiger partial charge in [-0.1, -0.05) is 0 Å². The molecule has 108 valence electrons. The number of hydrogen-bond donors (Lipinski definition) is 1. The van der Waals surface area contributed by atoms with Crippen LogP contribution in [0.1, 0.15) is 28.3 Å². The van der Waals surface area contributed by atoms with Gasteiger partial charge in [-0.2, -0.15) is 5.10 Å². The first-order valence-electron chi connectivity index (χ1n) is 6.78. The first kappa shape index (κ1) is 13.8. The van der Waals surface area contributed by atoms with Gasteiger partial charge in [0, 0.05) is 15.8 Å². The highest BCUT2D eigenvalue weighted by Crippen LogP contribution is 2.28. The second-order valence-electron chi connectivity index (χ2n) is 4.98. The molecule has 0 amide bonds. The lowest BCUT2D eigenvalue weighted by Crippen LogP contribution is -2.07. The minimum atomic E-state index is 0.258. The van der Waals surface area contributed by atoms with Gasteiger partial charge < -0.3 is 5.32 Å². The van der Waals surface area contributed by atoms with Crippen molar-refractivity contribution in [1.29, 1.82) is 0 Å².